The van der Waals surface area contributed by atoms with Crippen LogP contribution in [0, 0.1) is 5.92 Å². The number of carbonyl (C=O) groups excluding carboxylic acids is 2. The molecule has 1 aliphatic carbocycles. The van der Waals surface area contributed by atoms with Gasteiger partial charge < -0.3 is 9.64 Å². The van der Waals surface area contributed by atoms with Crippen LogP contribution in [0.3, 0.4) is 0 Å². The monoisotopic (exact) mass is 357 g/mol. The Balaban J connectivity index is 1.86. The Morgan fingerprint density at radius 1 is 1.27 bits per heavy atom. The Morgan fingerprint density at radius 3 is 2.54 bits per heavy atom. The number of ether oxygens (including phenoxy) is 1. The molecule has 140 valence electrons. The number of esters is 1. The Labute approximate surface area is 154 Å². The van der Waals surface area contributed by atoms with E-state index < -0.39 is 12.0 Å². The van der Waals surface area contributed by atoms with Gasteiger partial charge in [0.1, 0.15) is 11.8 Å². The molecule has 6 heteroatoms. The van der Waals surface area contributed by atoms with Crippen molar-refractivity contribution >= 4 is 23.3 Å². The van der Waals surface area contributed by atoms with Gasteiger partial charge in [-0.3, -0.25) is 9.80 Å². The largest absolute Gasteiger partial charge is 0.461 e. The number of amides is 1. The van der Waals surface area contributed by atoms with Gasteiger partial charge in [-0.2, -0.15) is 5.10 Å². The number of para-hydroxylation sites is 1. The number of rotatable bonds is 7. The zero-order valence-electron chi connectivity index (χ0n) is 15.7. The molecule has 1 atom stereocenters. The SMILES string of the molecule is CCOC(=O)C1=NN(c2ccccc2)C(C(=O)N(CC(C)C)C2CC2)C1. The molecule has 1 fully saturated rings. The van der Waals surface area contributed by atoms with Crippen LogP contribution in [0.25, 0.3) is 0 Å². The normalized spacial score (nSPS) is 19.5. The maximum atomic E-state index is 13.3. The third kappa shape index (κ3) is 4.06. The first kappa shape index (κ1) is 18.4. The van der Waals surface area contributed by atoms with Crippen molar-refractivity contribution in [3.8, 4) is 0 Å². The average molecular weight is 357 g/mol. The van der Waals surface area contributed by atoms with Crippen LogP contribution in [0.5, 0.6) is 0 Å². The van der Waals surface area contributed by atoms with Gasteiger partial charge in [0.15, 0.2) is 0 Å². The third-order valence-corrected chi connectivity index (χ3v) is 4.56. The molecule has 3 rings (SSSR count). The highest BCUT2D eigenvalue weighted by Crippen LogP contribution is 2.32. The standard InChI is InChI=1S/C20H27N3O3/c1-4-26-20(25)17-12-18(23(21-17)16-8-6-5-7-9-16)19(24)22(13-14(2)3)15-10-11-15/h5-9,14-15,18H,4,10-13H2,1-3H3. The maximum Gasteiger partial charge on any atom is 0.354 e. The third-order valence-electron chi connectivity index (χ3n) is 4.56. The second-order valence-electron chi connectivity index (χ2n) is 7.28. The van der Waals surface area contributed by atoms with Crippen LogP contribution in [0.4, 0.5) is 5.69 Å². The van der Waals surface area contributed by atoms with Crippen molar-refractivity contribution in [2.45, 2.75) is 52.1 Å². The lowest BCUT2D eigenvalue weighted by Crippen LogP contribution is -2.47. The summed E-state index contributed by atoms with van der Waals surface area (Å²) in [4.78, 5) is 27.5. The van der Waals surface area contributed by atoms with Gasteiger partial charge in [-0.05, 0) is 37.8 Å². The first-order chi connectivity index (χ1) is 12.5. The van der Waals surface area contributed by atoms with Crippen LogP contribution in [0.2, 0.25) is 0 Å². The molecule has 2 aliphatic rings. The Hall–Kier alpha value is -2.37. The highest BCUT2D eigenvalue weighted by atomic mass is 16.5. The molecule has 1 saturated carbocycles. The summed E-state index contributed by atoms with van der Waals surface area (Å²) in [6.45, 7) is 7.03. The maximum absolute atomic E-state index is 13.3. The summed E-state index contributed by atoms with van der Waals surface area (Å²) >= 11 is 0. The fourth-order valence-electron chi connectivity index (χ4n) is 3.25. The van der Waals surface area contributed by atoms with E-state index in [1.165, 1.54) is 0 Å². The van der Waals surface area contributed by atoms with Crippen LogP contribution in [-0.2, 0) is 14.3 Å². The van der Waals surface area contributed by atoms with Crippen molar-refractivity contribution in [2.75, 3.05) is 18.2 Å². The summed E-state index contributed by atoms with van der Waals surface area (Å²) in [6.07, 6.45) is 2.40. The molecule has 0 bridgehead atoms. The molecule has 1 unspecified atom stereocenters. The molecule has 26 heavy (non-hydrogen) atoms. The molecule has 1 amide bonds. The fourth-order valence-corrected chi connectivity index (χ4v) is 3.25. The first-order valence-electron chi connectivity index (χ1n) is 9.40. The van der Waals surface area contributed by atoms with Crippen molar-refractivity contribution in [3.05, 3.63) is 30.3 Å². The summed E-state index contributed by atoms with van der Waals surface area (Å²) in [5.74, 6) is 0.00948. The van der Waals surface area contributed by atoms with Gasteiger partial charge in [0, 0.05) is 19.0 Å². The Morgan fingerprint density at radius 2 is 1.96 bits per heavy atom. The number of carbonyl (C=O) groups is 2. The second kappa shape index (κ2) is 7.89. The molecular weight excluding hydrogens is 330 g/mol. The van der Waals surface area contributed by atoms with Crippen LogP contribution < -0.4 is 5.01 Å². The molecule has 1 heterocycles. The van der Waals surface area contributed by atoms with Gasteiger partial charge >= 0.3 is 5.97 Å². The zero-order chi connectivity index (χ0) is 18.7. The number of hydrazone groups is 1. The number of anilines is 1. The molecule has 0 N–H and O–H groups in total. The Kier molecular flexibility index (Phi) is 5.59. The summed E-state index contributed by atoms with van der Waals surface area (Å²) in [5.41, 5.74) is 1.12. The number of hydrogen-bond acceptors (Lipinski definition) is 5. The molecular formula is C20H27N3O3. The highest BCUT2D eigenvalue weighted by Gasteiger charge is 2.42. The average Bonchev–Trinajstić information content (AvgIpc) is 3.37. The van der Waals surface area contributed by atoms with E-state index in [2.05, 4.69) is 18.9 Å². The van der Waals surface area contributed by atoms with Gasteiger partial charge in [-0.15, -0.1) is 0 Å². The van der Waals surface area contributed by atoms with E-state index in [1.807, 2.05) is 35.2 Å². The number of nitrogens with zero attached hydrogens (tertiary/aromatic N) is 3. The van der Waals surface area contributed by atoms with Gasteiger partial charge in [-0.1, -0.05) is 32.0 Å². The summed E-state index contributed by atoms with van der Waals surface area (Å²) < 4.78 is 5.10. The summed E-state index contributed by atoms with van der Waals surface area (Å²) in [5, 5.41) is 6.13. The minimum absolute atomic E-state index is 0.0492. The molecule has 1 aliphatic heterocycles. The van der Waals surface area contributed by atoms with E-state index in [4.69, 9.17) is 4.74 Å². The van der Waals surface area contributed by atoms with E-state index in [1.54, 1.807) is 11.9 Å². The van der Waals surface area contributed by atoms with Crippen LogP contribution in [-0.4, -0.2) is 47.7 Å². The second-order valence-corrected chi connectivity index (χ2v) is 7.28. The Bertz CT molecular complexity index is 683. The van der Waals surface area contributed by atoms with E-state index >= 15 is 0 Å². The van der Waals surface area contributed by atoms with Gasteiger partial charge in [0.05, 0.1) is 12.3 Å². The minimum atomic E-state index is -0.490. The summed E-state index contributed by atoms with van der Waals surface area (Å²) in [7, 11) is 0. The molecule has 1 aromatic rings. The van der Waals surface area contributed by atoms with Gasteiger partial charge in [-0.25, -0.2) is 4.79 Å². The first-order valence-corrected chi connectivity index (χ1v) is 9.40. The molecule has 0 saturated heterocycles. The fraction of sp³-hybridized carbons (Fsp3) is 0.550. The highest BCUT2D eigenvalue weighted by molar-refractivity contribution is 6.38. The molecule has 0 radical (unpaired) electrons. The van der Waals surface area contributed by atoms with Gasteiger partial charge in [0.2, 0.25) is 5.91 Å². The predicted octanol–water partition coefficient (Wildman–Crippen LogP) is 2.83. The minimum Gasteiger partial charge on any atom is -0.461 e. The number of hydrogen-bond donors (Lipinski definition) is 0. The lowest BCUT2D eigenvalue weighted by Gasteiger charge is -2.31. The lowest BCUT2D eigenvalue weighted by molar-refractivity contribution is -0.135. The summed E-state index contributed by atoms with van der Waals surface area (Å²) in [6, 6.07) is 9.37. The van der Waals surface area contributed by atoms with Crippen LogP contribution >= 0.6 is 0 Å². The van der Waals surface area contributed by atoms with Crippen molar-refractivity contribution in [2.24, 2.45) is 11.0 Å². The van der Waals surface area contributed by atoms with E-state index in [0.717, 1.165) is 25.1 Å². The zero-order valence-corrected chi connectivity index (χ0v) is 15.7. The van der Waals surface area contributed by atoms with Crippen molar-refractivity contribution in [3.63, 3.8) is 0 Å². The topological polar surface area (TPSA) is 62.2 Å². The van der Waals surface area contributed by atoms with Crippen molar-refractivity contribution in [1.82, 2.24) is 4.90 Å². The van der Waals surface area contributed by atoms with Crippen LogP contribution in [0.1, 0.15) is 40.0 Å². The lowest BCUT2D eigenvalue weighted by atomic mass is 10.1. The van der Waals surface area contributed by atoms with E-state index in [-0.39, 0.29) is 12.3 Å². The molecule has 0 spiro atoms. The van der Waals surface area contributed by atoms with Crippen molar-refractivity contribution < 1.29 is 14.3 Å². The smallest absolute Gasteiger partial charge is 0.354 e. The number of benzene rings is 1. The van der Waals surface area contributed by atoms with Crippen LogP contribution in [0.15, 0.2) is 35.4 Å². The van der Waals surface area contributed by atoms with Gasteiger partial charge in [0.25, 0.3) is 0 Å². The van der Waals surface area contributed by atoms with E-state index in [9.17, 15) is 9.59 Å². The quantitative estimate of drug-likeness (QED) is 0.704. The molecule has 0 aromatic heterocycles. The molecule has 6 nitrogen and oxygen atoms in total. The predicted molar refractivity (Wildman–Crippen MR) is 101 cm³/mol. The van der Waals surface area contributed by atoms with Crippen molar-refractivity contribution in [1.29, 1.82) is 0 Å². The molecule has 1 aromatic carbocycles. The van der Waals surface area contributed by atoms with E-state index in [0.29, 0.717) is 24.3 Å².